The van der Waals surface area contributed by atoms with Crippen LogP contribution in [-0.4, -0.2) is 18.4 Å². The number of ether oxygens (including phenoxy) is 1. The van der Waals surface area contributed by atoms with Gasteiger partial charge in [0.25, 0.3) is 0 Å². The van der Waals surface area contributed by atoms with E-state index in [1.54, 1.807) is 37.3 Å². The molecule has 1 rings (SSSR count). The Morgan fingerprint density at radius 3 is 2.47 bits per heavy atom. The van der Waals surface area contributed by atoms with Crippen LogP contribution in [0.15, 0.2) is 42.2 Å². The molecule has 90 valence electrons. The van der Waals surface area contributed by atoms with Crippen LogP contribution in [0.25, 0.3) is 0 Å². The number of ketones is 1. The predicted molar refractivity (Wildman–Crippen MR) is 62.4 cm³/mol. The van der Waals surface area contributed by atoms with E-state index in [9.17, 15) is 9.59 Å². The molecule has 0 saturated carbocycles. The van der Waals surface area contributed by atoms with E-state index in [-0.39, 0.29) is 18.1 Å². The molecule has 0 bridgehead atoms. The zero-order valence-corrected chi connectivity index (χ0v) is 9.94. The Bertz CT molecular complexity index is 425. The Kier molecular flexibility index (Phi) is 5.23. The summed E-state index contributed by atoms with van der Waals surface area (Å²) < 4.78 is 8.96. The predicted octanol–water partition coefficient (Wildman–Crippen LogP) is 2.49. The molecule has 0 N–H and O–H groups in total. The molecule has 0 aliphatic heterocycles. The van der Waals surface area contributed by atoms with E-state index in [1.165, 1.54) is 0 Å². The van der Waals surface area contributed by atoms with Crippen LogP contribution in [0.1, 0.15) is 17.3 Å². The van der Waals surface area contributed by atoms with E-state index in [2.05, 4.69) is 9.03 Å². The summed E-state index contributed by atoms with van der Waals surface area (Å²) in [6.45, 7) is 1.82. The van der Waals surface area contributed by atoms with Gasteiger partial charge in [-0.25, -0.2) is 4.79 Å². The second-order valence-electron chi connectivity index (χ2n) is 3.04. The fourth-order valence-electron chi connectivity index (χ4n) is 1.12. The van der Waals surface area contributed by atoms with Crippen molar-refractivity contribution >= 4 is 23.6 Å². The van der Waals surface area contributed by atoms with Gasteiger partial charge in [0.2, 0.25) is 5.76 Å². The lowest BCUT2D eigenvalue weighted by atomic mass is 10.1. The molecule has 0 saturated heterocycles. The molecule has 0 aromatic heterocycles. The molecule has 5 heteroatoms. The lowest BCUT2D eigenvalue weighted by molar-refractivity contribution is -0.140. The van der Waals surface area contributed by atoms with Crippen molar-refractivity contribution in [2.24, 2.45) is 0 Å². The number of carbonyl (C=O) groups excluding carboxylic acids is 2. The maximum absolute atomic E-state index is 11.7. The molecule has 17 heavy (non-hydrogen) atoms. The maximum atomic E-state index is 11.7. The molecule has 0 amide bonds. The van der Waals surface area contributed by atoms with Crippen molar-refractivity contribution in [3.63, 3.8) is 0 Å². The highest BCUT2D eigenvalue weighted by molar-refractivity contribution is 6.13. The average molecular weight is 255 g/mol. The monoisotopic (exact) mass is 254 g/mol. The highest BCUT2D eigenvalue weighted by atomic mass is 35.5. The Balaban J connectivity index is 2.86. The molecule has 1 aromatic rings. The van der Waals surface area contributed by atoms with Gasteiger partial charge in [0, 0.05) is 11.6 Å². The van der Waals surface area contributed by atoms with Gasteiger partial charge in [-0.15, -0.1) is 0 Å². The molecule has 0 unspecified atom stereocenters. The summed E-state index contributed by atoms with van der Waals surface area (Å²) in [5.74, 6) is -1.48. The van der Waals surface area contributed by atoms with Gasteiger partial charge in [-0.2, -0.15) is 0 Å². The van der Waals surface area contributed by atoms with Crippen molar-refractivity contribution in [3.05, 3.63) is 47.7 Å². The number of allylic oxidation sites excluding steroid dienone is 1. The van der Waals surface area contributed by atoms with Crippen molar-refractivity contribution in [3.8, 4) is 0 Å². The van der Waals surface area contributed by atoms with Crippen molar-refractivity contribution in [1.29, 1.82) is 0 Å². The molecular formula is C12H11ClO4. The minimum Gasteiger partial charge on any atom is -0.460 e. The summed E-state index contributed by atoms with van der Waals surface area (Å²) in [6, 6.07) is 8.45. The van der Waals surface area contributed by atoms with Crippen molar-refractivity contribution in [1.82, 2.24) is 0 Å². The van der Waals surface area contributed by atoms with Crippen LogP contribution >= 0.6 is 11.9 Å². The van der Waals surface area contributed by atoms with E-state index in [1.807, 2.05) is 0 Å². The van der Waals surface area contributed by atoms with Crippen molar-refractivity contribution in [2.45, 2.75) is 6.92 Å². The number of rotatable bonds is 5. The van der Waals surface area contributed by atoms with Gasteiger partial charge in [-0.05, 0) is 6.92 Å². The number of esters is 1. The SMILES string of the molecule is CCOC(=O)/C(=C/C(=O)c1ccccc1)OCl. The summed E-state index contributed by atoms with van der Waals surface area (Å²) >= 11 is 5.11. The van der Waals surface area contributed by atoms with Crippen molar-refractivity contribution in [2.75, 3.05) is 6.61 Å². The van der Waals surface area contributed by atoms with Gasteiger partial charge < -0.3 is 9.03 Å². The minimum absolute atomic E-state index is 0.177. The molecule has 0 aliphatic rings. The molecule has 4 nitrogen and oxygen atoms in total. The van der Waals surface area contributed by atoms with Gasteiger partial charge in [0.15, 0.2) is 5.78 Å². The molecule has 0 aliphatic carbocycles. The topological polar surface area (TPSA) is 52.6 Å². The van der Waals surface area contributed by atoms with E-state index in [0.29, 0.717) is 5.56 Å². The molecule has 0 radical (unpaired) electrons. The van der Waals surface area contributed by atoms with Crippen LogP contribution in [0.3, 0.4) is 0 Å². The third kappa shape index (κ3) is 3.92. The quantitative estimate of drug-likeness (QED) is 0.351. The molecule has 0 heterocycles. The van der Waals surface area contributed by atoms with Gasteiger partial charge >= 0.3 is 5.97 Å². The Morgan fingerprint density at radius 1 is 1.29 bits per heavy atom. The highest BCUT2D eigenvalue weighted by Gasteiger charge is 2.15. The lowest BCUT2D eigenvalue weighted by Gasteiger charge is -2.02. The summed E-state index contributed by atoms with van der Waals surface area (Å²) in [5, 5.41) is 0. The minimum atomic E-state index is -0.771. The first-order valence-corrected chi connectivity index (χ1v) is 5.26. The molecule has 0 atom stereocenters. The highest BCUT2D eigenvalue weighted by Crippen LogP contribution is 2.08. The second-order valence-corrected chi connectivity index (χ2v) is 3.19. The normalized spacial score (nSPS) is 10.8. The zero-order valence-electron chi connectivity index (χ0n) is 9.18. The van der Waals surface area contributed by atoms with Crippen LogP contribution in [0, 0.1) is 0 Å². The Labute approximate surface area is 104 Å². The fourth-order valence-corrected chi connectivity index (χ4v) is 1.23. The Hall–Kier alpha value is -1.81. The van der Waals surface area contributed by atoms with Gasteiger partial charge in [0.05, 0.1) is 6.61 Å². The molecule has 1 aromatic carbocycles. The van der Waals surface area contributed by atoms with Crippen molar-refractivity contribution < 1.29 is 18.6 Å². The Morgan fingerprint density at radius 2 is 1.94 bits per heavy atom. The summed E-state index contributed by atoms with van der Waals surface area (Å²) in [5.41, 5.74) is 0.433. The van der Waals surface area contributed by atoms with E-state index in [4.69, 9.17) is 11.9 Å². The first-order chi connectivity index (χ1) is 8.19. The second kappa shape index (κ2) is 6.70. The smallest absolute Gasteiger partial charge is 0.376 e. The van der Waals surface area contributed by atoms with Crippen LogP contribution in [0.2, 0.25) is 0 Å². The third-order valence-corrected chi connectivity index (χ3v) is 2.05. The van der Waals surface area contributed by atoms with E-state index >= 15 is 0 Å². The summed E-state index contributed by atoms with van der Waals surface area (Å²) in [4.78, 5) is 23.0. The molecule has 0 fully saturated rings. The molecule has 0 spiro atoms. The fraction of sp³-hybridized carbons (Fsp3) is 0.167. The maximum Gasteiger partial charge on any atom is 0.376 e. The average Bonchev–Trinajstić information content (AvgIpc) is 2.37. The van der Waals surface area contributed by atoms with Crippen LogP contribution < -0.4 is 0 Å². The van der Waals surface area contributed by atoms with Gasteiger partial charge in [-0.1, -0.05) is 30.3 Å². The van der Waals surface area contributed by atoms with Gasteiger partial charge in [-0.3, -0.25) is 4.79 Å². The molecular weight excluding hydrogens is 244 g/mol. The summed E-state index contributed by atoms with van der Waals surface area (Å²) in [7, 11) is 0. The summed E-state index contributed by atoms with van der Waals surface area (Å²) in [6.07, 6.45) is 1.00. The lowest BCUT2D eigenvalue weighted by Crippen LogP contribution is -2.10. The number of hydrogen-bond donors (Lipinski definition) is 0. The number of halogens is 1. The number of hydrogen-bond acceptors (Lipinski definition) is 4. The first-order valence-electron chi connectivity index (χ1n) is 4.95. The van der Waals surface area contributed by atoms with Gasteiger partial charge in [0.1, 0.15) is 11.9 Å². The number of carbonyl (C=O) groups is 2. The largest absolute Gasteiger partial charge is 0.460 e. The van der Waals surface area contributed by atoms with Crippen LogP contribution in [0.5, 0.6) is 0 Å². The zero-order chi connectivity index (χ0) is 12.7. The van der Waals surface area contributed by atoms with Crippen LogP contribution in [0.4, 0.5) is 0 Å². The van der Waals surface area contributed by atoms with E-state index in [0.717, 1.165) is 6.08 Å². The standard InChI is InChI=1S/C12H11ClO4/c1-2-16-12(15)11(17-13)8-10(14)9-6-4-3-5-7-9/h3-8H,2H2,1H3/b11-8-. The number of benzene rings is 1. The van der Waals surface area contributed by atoms with E-state index < -0.39 is 5.97 Å². The third-order valence-electron chi connectivity index (χ3n) is 1.88. The first kappa shape index (κ1) is 13.3. The van der Waals surface area contributed by atoms with Crippen LogP contribution in [-0.2, 0) is 13.8 Å².